The van der Waals surface area contributed by atoms with Crippen molar-refractivity contribution >= 4 is 17.8 Å². The molecule has 1 aromatic heterocycles. The quantitative estimate of drug-likeness (QED) is 0.549. The van der Waals surface area contributed by atoms with Gasteiger partial charge in [-0.3, -0.25) is 4.99 Å². The smallest absolute Gasteiger partial charge is 0.273 e. The van der Waals surface area contributed by atoms with Crippen molar-refractivity contribution in [2.75, 3.05) is 0 Å². The van der Waals surface area contributed by atoms with Gasteiger partial charge in [0.2, 0.25) is 0 Å². The van der Waals surface area contributed by atoms with Gasteiger partial charge in [0.1, 0.15) is 5.15 Å². The van der Waals surface area contributed by atoms with Gasteiger partial charge in [-0.1, -0.05) is 17.7 Å². The first-order valence-corrected chi connectivity index (χ1v) is 3.95. The summed E-state index contributed by atoms with van der Waals surface area (Å²) in [5.74, 6) is 0. The largest absolute Gasteiger partial charge is 0.287 e. The number of hydrogen-bond acceptors (Lipinski definition) is 2. The second kappa shape index (κ2) is 4.87. The Kier molecular flexibility index (Phi) is 3.76. The molecule has 0 saturated carbocycles. The van der Waals surface area contributed by atoms with Gasteiger partial charge < -0.3 is 0 Å². The number of pyridine rings is 1. The van der Waals surface area contributed by atoms with Gasteiger partial charge in [0.05, 0.1) is 12.8 Å². The van der Waals surface area contributed by atoms with Gasteiger partial charge in [-0.05, 0) is 11.6 Å². The fourth-order valence-electron chi connectivity index (χ4n) is 0.738. The molecule has 0 amide bonds. The summed E-state index contributed by atoms with van der Waals surface area (Å²) in [5, 5.41) is 0.376. The number of nitrogens with zero attached hydrogens (tertiary/aromatic N) is 2. The van der Waals surface area contributed by atoms with E-state index in [-0.39, 0.29) is 6.54 Å². The standard InChI is InChI=1S/C8H7ClF2N2/c9-7-2-1-6(4-13-7)3-12-5-8(10)11/h1-2,4-5,8H,3H2. The molecular formula is C8H7ClF2N2. The zero-order chi connectivity index (χ0) is 9.68. The normalized spacial score (nSPS) is 11.4. The molecular weight excluding hydrogens is 198 g/mol. The number of halogens is 3. The molecule has 0 aromatic carbocycles. The maximum Gasteiger partial charge on any atom is 0.273 e. The predicted molar refractivity (Wildman–Crippen MR) is 47.4 cm³/mol. The molecule has 1 rings (SSSR count). The Morgan fingerprint density at radius 3 is 2.85 bits per heavy atom. The molecule has 0 bridgehead atoms. The van der Waals surface area contributed by atoms with Gasteiger partial charge in [0, 0.05) is 6.20 Å². The van der Waals surface area contributed by atoms with Gasteiger partial charge in [0.15, 0.2) is 0 Å². The summed E-state index contributed by atoms with van der Waals surface area (Å²) in [6.45, 7) is 0.203. The molecule has 0 aliphatic rings. The molecule has 0 fully saturated rings. The van der Waals surface area contributed by atoms with Crippen LogP contribution in [0, 0.1) is 0 Å². The SMILES string of the molecule is FC(F)C=NCc1ccc(Cl)nc1. The van der Waals surface area contributed by atoms with Gasteiger partial charge >= 0.3 is 0 Å². The van der Waals surface area contributed by atoms with Crippen molar-refractivity contribution in [3.63, 3.8) is 0 Å². The molecule has 1 aromatic rings. The van der Waals surface area contributed by atoms with Crippen molar-refractivity contribution in [2.45, 2.75) is 13.0 Å². The Morgan fingerprint density at radius 1 is 1.54 bits per heavy atom. The first-order chi connectivity index (χ1) is 6.18. The summed E-state index contributed by atoms with van der Waals surface area (Å²) in [5.41, 5.74) is 0.751. The molecule has 2 nitrogen and oxygen atoms in total. The zero-order valence-corrected chi connectivity index (χ0v) is 7.38. The van der Waals surface area contributed by atoms with Crippen LogP contribution in [0.4, 0.5) is 8.78 Å². The maximum absolute atomic E-state index is 11.6. The molecule has 1 heterocycles. The van der Waals surface area contributed by atoms with Gasteiger partial charge in [0.25, 0.3) is 6.43 Å². The minimum atomic E-state index is -2.50. The van der Waals surface area contributed by atoms with Crippen LogP contribution in [0.1, 0.15) is 5.56 Å². The second-order valence-corrected chi connectivity index (χ2v) is 2.70. The Hall–Kier alpha value is -1.03. The third-order valence-corrected chi connectivity index (χ3v) is 1.50. The Labute approximate surface area is 79.3 Å². The summed E-state index contributed by atoms with van der Waals surface area (Å²) >= 11 is 5.53. The average molecular weight is 205 g/mol. The van der Waals surface area contributed by atoms with E-state index in [4.69, 9.17) is 11.6 Å². The fraction of sp³-hybridized carbons (Fsp3) is 0.250. The van der Waals surface area contributed by atoms with Crippen molar-refractivity contribution in [3.8, 4) is 0 Å². The molecule has 0 aliphatic heterocycles. The molecule has 0 aliphatic carbocycles. The second-order valence-electron chi connectivity index (χ2n) is 2.31. The summed E-state index contributed by atoms with van der Waals surface area (Å²) in [6.07, 6.45) is -0.389. The monoisotopic (exact) mass is 204 g/mol. The van der Waals surface area contributed by atoms with E-state index in [1.54, 1.807) is 12.1 Å². The summed E-state index contributed by atoms with van der Waals surface area (Å²) < 4.78 is 23.2. The minimum Gasteiger partial charge on any atom is -0.287 e. The van der Waals surface area contributed by atoms with Crippen molar-refractivity contribution in [2.24, 2.45) is 4.99 Å². The van der Waals surface area contributed by atoms with Crippen molar-refractivity contribution in [1.82, 2.24) is 4.98 Å². The molecule has 70 valence electrons. The number of aromatic nitrogens is 1. The van der Waals surface area contributed by atoms with Crippen LogP contribution in [0.2, 0.25) is 5.15 Å². The molecule has 5 heteroatoms. The fourth-order valence-corrected chi connectivity index (χ4v) is 0.850. The Morgan fingerprint density at radius 2 is 2.31 bits per heavy atom. The van der Waals surface area contributed by atoms with Crippen molar-refractivity contribution in [1.29, 1.82) is 0 Å². The van der Waals surface area contributed by atoms with Crippen LogP contribution < -0.4 is 0 Å². The Bertz CT molecular complexity index is 285. The lowest BCUT2D eigenvalue weighted by Crippen LogP contribution is -1.91. The lowest BCUT2D eigenvalue weighted by atomic mass is 10.3. The van der Waals surface area contributed by atoms with E-state index in [1.165, 1.54) is 6.20 Å². The van der Waals surface area contributed by atoms with Crippen LogP contribution in [0.25, 0.3) is 0 Å². The molecule has 0 atom stereocenters. The predicted octanol–water partition coefficient (Wildman–Crippen LogP) is 2.57. The average Bonchev–Trinajstić information content (AvgIpc) is 2.08. The summed E-state index contributed by atoms with van der Waals surface area (Å²) in [4.78, 5) is 7.29. The first kappa shape index (κ1) is 10.1. The van der Waals surface area contributed by atoms with Crippen molar-refractivity contribution < 1.29 is 8.78 Å². The van der Waals surface area contributed by atoms with E-state index < -0.39 is 6.43 Å². The van der Waals surface area contributed by atoms with E-state index in [1.807, 2.05) is 0 Å². The zero-order valence-electron chi connectivity index (χ0n) is 6.62. The minimum absolute atomic E-state index is 0.203. The summed E-state index contributed by atoms with van der Waals surface area (Å²) in [7, 11) is 0. The van der Waals surface area contributed by atoms with E-state index in [9.17, 15) is 8.78 Å². The van der Waals surface area contributed by atoms with Crippen LogP contribution in [0.15, 0.2) is 23.3 Å². The highest BCUT2D eigenvalue weighted by atomic mass is 35.5. The number of rotatable bonds is 3. The molecule has 13 heavy (non-hydrogen) atoms. The van der Waals surface area contributed by atoms with E-state index >= 15 is 0 Å². The van der Waals surface area contributed by atoms with Crippen molar-refractivity contribution in [3.05, 3.63) is 29.0 Å². The van der Waals surface area contributed by atoms with Crippen LogP contribution >= 0.6 is 11.6 Å². The van der Waals surface area contributed by atoms with Gasteiger partial charge in [-0.2, -0.15) is 0 Å². The molecule has 0 N–H and O–H groups in total. The summed E-state index contributed by atoms with van der Waals surface area (Å²) in [6, 6.07) is 3.28. The number of aliphatic imine (C=N–C) groups is 1. The van der Waals surface area contributed by atoms with E-state index in [0.717, 1.165) is 5.56 Å². The lowest BCUT2D eigenvalue weighted by Gasteiger charge is -1.94. The first-order valence-electron chi connectivity index (χ1n) is 3.57. The van der Waals surface area contributed by atoms with E-state index in [2.05, 4.69) is 9.98 Å². The molecule has 0 saturated heterocycles. The number of alkyl halides is 2. The maximum atomic E-state index is 11.6. The molecule has 0 spiro atoms. The molecule has 0 radical (unpaired) electrons. The van der Waals surface area contributed by atoms with Crippen LogP contribution in [-0.2, 0) is 6.54 Å². The highest BCUT2D eigenvalue weighted by Gasteiger charge is 1.95. The van der Waals surface area contributed by atoms with Crippen LogP contribution in [0.3, 0.4) is 0 Å². The third-order valence-electron chi connectivity index (χ3n) is 1.28. The lowest BCUT2D eigenvalue weighted by molar-refractivity contribution is 0.231. The topological polar surface area (TPSA) is 25.2 Å². The number of hydrogen-bond donors (Lipinski definition) is 0. The Balaban J connectivity index is 2.50. The van der Waals surface area contributed by atoms with Crippen LogP contribution in [0.5, 0.6) is 0 Å². The third kappa shape index (κ3) is 3.94. The highest BCUT2D eigenvalue weighted by molar-refractivity contribution is 6.29. The van der Waals surface area contributed by atoms with Gasteiger partial charge in [-0.25, -0.2) is 13.8 Å². The molecule has 0 unspecified atom stereocenters. The highest BCUT2D eigenvalue weighted by Crippen LogP contribution is 2.05. The van der Waals surface area contributed by atoms with E-state index in [0.29, 0.717) is 11.4 Å². The van der Waals surface area contributed by atoms with Gasteiger partial charge in [-0.15, -0.1) is 0 Å². The van der Waals surface area contributed by atoms with Crippen LogP contribution in [-0.4, -0.2) is 17.6 Å².